The first-order valence-electron chi connectivity index (χ1n) is 3.86. The van der Waals surface area contributed by atoms with Gasteiger partial charge in [0.25, 0.3) is 0 Å². The van der Waals surface area contributed by atoms with E-state index in [1.165, 1.54) is 5.54 Å². The second kappa shape index (κ2) is 5.27. The molecule has 1 rings (SSSR count). The molecule has 0 aliphatic rings. The van der Waals surface area contributed by atoms with Crippen molar-refractivity contribution in [1.29, 1.82) is 0 Å². The van der Waals surface area contributed by atoms with E-state index in [0.29, 0.717) is 11.6 Å². The van der Waals surface area contributed by atoms with Crippen LogP contribution in [0.15, 0.2) is 22.8 Å². The zero-order chi connectivity index (χ0) is 9.68. The maximum absolute atomic E-state index is 5.69. The second-order valence-corrected chi connectivity index (χ2v) is 3.31. The maximum atomic E-state index is 5.69. The summed E-state index contributed by atoms with van der Waals surface area (Å²) < 4.78 is 1.81. The van der Waals surface area contributed by atoms with E-state index in [1.54, 1.807) is 6.20 Å². The quantitative estimate of drug-likeness (QED) is 0.838. The van der Waals surface area contributed by atoms with Gasteiger partial charge >= 0.3 is 0 Å². The van der Waals surface area contributed by atoms with Crippen molar-refractivity contribution in [3.63, 3.8) is 0 Å². The number of nitrogens with one attached hydrogen (secondary N) is 1. The summed E-state index contributed by atoms with van der Waals surface area (Å²) in [7, 11) is 1.90. The van der Waals surface area contributed by atoms with Gasteiger partial charge in [-0.2, -0.15) is 5.10 Å². The van der Waals surface area contributed by atoms with Crippen LogP contribution in [0.3, 0.4) is 0 Å². The highest BCUT2D eigenvalue weighted by Gasteiger charge is 1.97. The predicted molar refractivity (Wildman–Crippen MR) is 54.7 cm³/mol. The lowest BCUT2D eigenvalue weighted by molar-refractivity contribution is 0.653. The minimum Gasteiger partial charge on any atom is -0.306 e. The molecule has 0 aromatic carbocycles. The zero-order valence-corrected chi connectivity index (χ0v) is 8.81. The number of aryl methyl sites for hydroxylation is 1. The van der Waals surface area contributed by atoms with Crippen molar-refractivity contribution in [3.05, 3.63) is 28.5 Å². The van der Waals surface area contributed by atoms with Gasteiger partial charge in [-0.25, -0.2) is 0 Å². The molecule has 0 atom stereocenters. The summed E-state index contributed by atoms with van der Waals surface area (Å²) in [6.07, 6.45) is 1.76. The van der Waals surface area contributed by atoms with Crippen molar-refractivity contribution >= 4 is 23.2 Å². The highest BCUT2D eigenvalue weighted by molar-refractivity contribution is 6.36. The molecular formula is C8H11Cl2N3. The largest absolute Gasteiger partial charge is 0.306 e. The topological polar surface area (TPSA) is 29.9 Å². The van der Waals surface area contributed by atoms with Crippen LogP contribution in [0.2, 0.25) is 0 Å². The summed E-state index contributed by atoms with van der Waals surface area (Å²) in [5.74, 6) is 0. The van der Waals surface area contributed by atoms with Gasteiger partial charge in [0.05, 0.1) is 5.69 Å². The number of rotatable bonds is 4. The van der Waals surface area contributed by atoms with Crippen molar-refractivity contribution < 1.29 is 0 Å². The first-order chi connectivity index (χ1) is 6.24. The fourth-order valence-electron chi connectivity index (χ4n) is 0.923. The van der Waals surface area contributed by atoms with Crippen LogP contribution < -0.4 is 5.32 Å². The molecule has 0 aliphatic carbocycles. The fraction of sp³-hybridized carbons (Fsp3) is 0.375. The van der Waals surface area contributed by atoms with Gasteiger partial charge in [0.1, 0.15) is 0 Å². The lowest BCUT2D eigenvalue weighted by Gasteiger charge is -2.03. The van der Waals surface area contributed by atoms with E-state index in [9.17, 15) is 0 Å². The van der Waals surface area contributed by atoms with Crippen molar-refractivity contribution in [3.8, 4) is 0 Å². The minimum absolute atomic E-state index is 0.580. The molecule has 72 valence electrons. The van der Waals surface area contributed by atoms with Crippen LogP contribution in [0.1, 0.15) is 5.69 Å². The third-order valence-corrected chi connectivity index (χ3v) is 2.26. The minimum atomic E-state index is 0.580. The number of hydrogen-bond acceptors (Lipinski definition) is 2. The third kappa shape index (κ3) is 3.38. The molecule has 0 saturated carbocycles. The van der Waals surface area contributed by atoms with Crippen molar-refractivity contribution in [2.24, 2.45) is 7.05 Å². The van der Waals surface area contributed by atoms with Crippen LogP contribution in [0.25, 0.3) is 0 Å². The molecule has 1 N–H and O–H groups in total. The summed E-state index contributed by atoms with van der Waals surface area (Å²) in [5, 5.41) is 7.77. The highest BCUT2D eigenvalue weighted by Crippen LogP contribution is 2.01. The van der Waals surface area contributed by atoms with Crippen LogP contribution in [0.5, 0.6) is 0 Å². The Balaban J connectivity index is 2.32. The molecule has 1 aromatic rings. The maximum Gasteiger partial charge on any atom is 0.0518 e. The van der Waals surface area contributed by atoms with Gasteiger partial charge in [-0.3, -0.25) is 4.68 Å². The molecule has 3 nitrogen and oxygen atoms in total. The van der Waals surface area contributed by atoms with Gasteiger partial charge in [-0.15, -0.1) is 0 Å². The number of aromatic nitrogens is 2. The van der Waals surface area contributed by atoms with Crippen LogP contribution in [0, 0.1) is 0 Å². The summed E-state index contributed by atoms with van der Waals surface area (Å²) >= 11 is 11.1. The van der Waals surface area contributed by atoms with Gasteiger partial charge in [0, 0.05) is 36.9 Å². The first kappa shape index (κ1) is 10.6. The van der Waals surface area contributed by atoms with E-state index in [-0.39, 0.29) is 0 Å². The van der Waals surface area contributed by atoms with Crippen LogP contribution >= 0.6 is 23.2 Å². The average molecular weight is 220 g/mol. The predicted octanol–water partition coefficient (Wildman–Crippen LogP) is 1.83. The van der Waals surface area contributed by atoms with E-state index in [0.717, 1.165) is 12.2 Å². The number of halogens is 2. The normalized spacial score (nSPS) is 12.1. The second-order valence-electron chi connectivity index (χ2n) is 2.61. The molecule has 0 radical (unpaired) electrons. The van der Waals surface area contributed by atoms with Gasteiger partial charge < -0.3 is 5.32 Å². The molecule has 0 saturated heterocycles. The van der Waals surface area contributed by atoms with E-state index in [1.807, 2.05) is 17.8 Å². The molecule has 0 unspecified atom stereocenters. The zero-order valence-electron chi connectivity index (χ0n) is 7.30. The molecule has 1 aromatic heterocycles. The molecule has 0 fully saturated rings. The van der Waals surface area contributed by atoms with Gasteiger partial charge in [-0.1, -0.05) is 23.2 Å². The number of nitrogens with zero attached hydrogens (tertiary/aromatic N) is 2. The lowest BCUT2D eigenvalue weighted by Crippen LogP contribution is -2.16. The molecule has 0 spiro atoms. The molecule has 13 heavy (non-hydrogen) atoms. The highest BCUT2D eigenvalue weighted by atomic mass is 35.5. The molecule has 1 heterocycles. The Morgan fingerprint density at radius 1 is 1.77 bits per heavy atom. The molecular weight excluding hydrogens is 209 g/mol. The molecule has 0 bridgehead atoms. The lowest BCUT2D eigenvalue weighted by atomic mass is 10.4. The smallest absolute Gasteiger partial charge is 0.0518 e. The van der Waals surface area contributed by atoms with Crippen LogP contribution in [0.4, 0.5) is 0 Å². The Labute approximate surface area is 87.3 Å². The first-order valence-corrected chi connectivity index (χ1v) is 4.68. The SMILES string of the molecule is Cn1nccc1CNCC(Cl)=CCl. The third-order valence-electron chi connectivity index (χ3n) is 1.64. The number of hydrogen-bond donors (Lipinski definition) is 1. The van der Waals surface area contributed by atoms with Gasteiger partial charge in [0.15, 0.2) is 0 Å². The standard InChI is InChI=1S/C8H11Cl2N3/c1-13-8(2-3-12-13)6-11-5-7(10)4-9/h2-4,11H,5-6H2,1H3. The Hall–Kier alpha value is -0.510. The summed E-state index contributed by atoms with van der Waals surface area (Å²) in [6.45, 7) is 1.31. The van der Waals surface area contributed by atoms with Crippen molar-refractivity contribution in [2.75, 3.05) is 6.54 Å². The monoisotopic (exact) mass is 219 g/mol. The van der Waals surface area contributed by atoms with E-state index < -0.39 is 0 Å². The fourth-order valence-corrected chi connectivity index (χ4v) is 1.09. The molecule has 5 heteroatoms. The summed E-state index contributed by atoms with van der Waals surface area (Å²) in [5.41, 5.74) is 2.47. The van der Waals surface area contributed by atoms with Gasteiger partial charge in [0.2, 0.25) is 0 Å². The van der Waals surface area contributed by atoms with Crippen molar-refractivity contribution in [2.45, 2.75) is 6.54 Å². The Morgan fingerprint density at radius 3 is 3.08 bits per heavy atom. The van der Waals surface area contributed by atoms with E-state index >= 15 is 0 Å². The molecule has 0 amide bonds. The van der Waals surface area contributed by atoms with Gasteiger partial charge in [-0.05, 0) is 6.07 Å². The summed E-state index contributed by atoms with van der Waals surface area (Å²) in [6, 6.07) is 1.95. The average Bonchev–Trinajstić information content (AvgIpc) is 2.52. The molecule has 0 aliphatic heterocycles. The Kier molecular flexibility index (Phi) is 4.28. The van der Waals surface area contributed by atoms with E-state index in [2.05, 4.69) is 10.4 Å². The van der Waals surface area contributed by atoms with Crippen LogP contribution in [-0.4, -0.2) is 16.3 Å². The summed E-state index contributed by atoms with van der Waals surface area (Å²) in [4.78, 5) is 0. The van der Waals surface area contributed by atoms with Crippen molar-refractivity contribution in [1.82, 2.24) is 15.1 Å². The Morgan fingerprint density at radius 2 is 2.54 bits per heavy atom. The van der Waals surface area contributed by atoms with E-state index in [4.69, 9.17) is 23.2 Å². The van der Waals surface area contributed by atoms with Crippen LogP contribution in [-0.2, 0) is 13.6 Å². The Bertz CT molecular complexity index is 293.